The molecule has 0 amide bonds. The summed E-state index contributed by atoms with van der Waals surface area (Å²) in [5, 5.41) is 3.57. The third-order valence-corrected chi connectivity index (χ3v) is 3.78. The Morgan fingerprint density at radius 1 is 1.43 bits per heavy atom. The molecular formula is C12H22N2. The molecule has 1 aliphatic rings. The second kappa shape index (κ2) is 4.33. The first-order chi connectivity index (χ1) is 6.58. The van der Waals surface area contributed by atoms with Gasteiger partial charge in [-0.3, -0.25) is 0 Å². The van der Waals surface area contributed by atoms with E-state index in [0.717, 1.165) is 13.0 Å². The molecule has 1 unspecified atom stereocenters. The maximum absolute atomic E-state index is 5.91. The van der Waals surface area contributed by atoms with E-state index in [0.29, 0.717) is 12.0 Å². The molecule has 2 heteroatoms. The van der Waals surface area contributed by atoms with Crippen LogP contribution in [0.15, 0.2) is 0 Å². The minimum absolute atomic E-state index is 0.115. The average Bonchev–Trinajstić information content (AvgIpc) is 2.43. The van der Waals surface area contributed by atoms with Gasteiger partial charge < -0.3 is 11.1 Å². The minimum atomic E-state index is 0.115. The van der Waals surface area contributed by atoms with Crippen molar-refractivity contribution in [2.24, 2.45) is 11.1 Å². The number of terminal acetylenes is 1. The van der Waals surface area contributed by atoms with Crippen molar-refractivity contribution < 1.29 is 0 Å². The van der Waals surface area contributed by atoms with E-state index in [1.54, 1.807) is 0 Å². The Labute approximate surface area is 87.6 Å². The minimum Gasteiger partial charge on any atom is -0.329 e. The molecule has 0 aromatic carbocycles. The topological polar surface area (TPSA) is 38.0 Å². The second-order valence-corrected chi connectivity index (χ2v) is 4.90. The molecule has 1 saturated carbocycles. The third-order valence-electron chi connectivity index (χ3n) is 3.78. The zero-order chi connectivity index (χ0) is 10.7. The molecule has 1 aliphatic carbocycles. The van der Waals surface area contributed by atoms with Crippen LogP contribution in [0.2, 0.25) is 0 Å². The first-order valence-corrected chi connectivity index (χ1v) is 5.46. The molecule has 0 bridgehead atoms. The molecule has 0 saturated heterocycles. The van der Waals surface area contributed by atoms with E-state index in [2.05, 4.69) is 25.1 Å². The summed E-state index contributed by atoms with van der Waals surface area (Å²) in [6, 6.07) is 0. The molecule has 2 nitrogen and oxygen atoms in total. The summed E-state index contributed by atoms with van der Waals surface area (Å²) in [6.45, 7) is 6.20. The van der Waals surface area contributed by atoms with Crippen molar-refractivity contribution in [3.8, 4) is 12.3 Å². The lowest BCUT2D eigenvalue weighted by atomic mass is 9.75. The Balaban J connectivity index is 2.62. The van der Waals surface area contributed by atoms with Gasteiger partial charge in [0.15, 0.2) is 0 Å². The van der Waals surface area contributed by atoms with Crippen molar-refractivity contribution in [2.75, 3.05) is 13.1 Å². The highest BCUT2D eigenvalue weighted by Crippen LogP contribution is 2.45. The molecule has 80 valence electrons. The van der Waals surface area contributed by atoms with Crippen molar-refractivity contribution in [1.82, 2.24) is 5.32 Å². The molecule has 3 N–H and O–H groups in total. The van der Waals surface area contributed by atoms with Gasteiger partial charge in [-0.1, -0.05) is 20.3 Å². The van der Waals surface area contributed by atoms with Crippen molar-refractivity contribution in [3.63, 3.8) is 0 Å². The summed E-state index contributed by atoms with van der Waals surface area (Å²) >= 11 is 0. The van der Waals surface area contributed by atoms with Crippen LogP contribution in [-0.2, 0) is 0 Å². The second-order valence-electron chi connectivity index (χ2n) is 4.90. The molecule has 1 atom stereocenters. The highest BCUT2D eigenvalue weighted by molar-refractivity contribution is 5.06. The van der Waals surface area contributed by atoms with Gasteiger partial charge in [-0.05, 0) is 18.3 Å². The highest BCUT2D eigenvalue weighted by atomic mass is 15.0. The van der Waals surface area contributed by atoms with Gasteiger partial charge in [0, 0.05) is 25.0 Å². The van der Waals surface area contributed by atoms with E-state index >= 15 is 0 Å². The predicted octanol–water partition coefficient (Wildman–Crippen LogP) is 1.51. The van der Waals surface area contributed by atoms with Crippen LogP contribution in [0.3, 0.4) is 0 Å². The largest absolute Gasteiger partial charge is 0.329 e. The molecule has 14 heavy (non-hydrogen) atoms. The SMILES string of the molecule is C#CCCNC1(CN)CCCC1(C)C. The fourth-order valence-corrected chi connectivity index (χ4v) is 2.56. The molecular weight excluding hydrogens is 172 g/mol. The Bertz CT molecular complexity index is 227. The fraction of sp³-hybridized carbons (Fsp3) is 0.833. The monoisotopic (exact) mass is 194 g/mol. The molecule has 0 spiro atoms. The Kier molecular flexibility index (Phi) is 3.58. The Hall–Kier alpha value is -0.520. The quantitative estimate of drug-likeness (QED) is 0.526. The lowest BCUT2D eigenvalue weighted by Gasteiger charge is -2.41. The molecule has 0 radical (unpaired) electrons. The standard InChI is InChI=1S/C12H22N2/c1-4-5-9-14-12(10-13)8-6-7-11(12,2)3/h1,14H,5-10,13H2,2-3H3. The van der Waals surface area contributed by atoms with Gasteiger partial charge >= 0.3 is 0 Å². The van der Waals surface area contributed by atoms with E-state index in [1.807, 2.05) is 0 Å². The van der Waals surface area contributed by atoms with E-state index in [-0.39, 0.29) is 5.54 Å². The number of hydrogen-bond acceptors (Lipinski definition) is 2. The van der Waals surface area contributed by atoms with E-state index in [1.165, 1.54) is 19.3 Å². The molecule has 0 aromatic rings. The van der Waals surface area contributed by atoms with Gasteiger partial charge in [0.2, 0.25) is 0 Å². The fourth-order valence-electron chi connectivity index (χ4n) is 2.56. The predicted molar refractivity (Wildman–Crippen MR) is 60.9 cm³/mol. The summed E-state index contributed by atoms with van der Waals surface area (Å²) in [7, 11) is 0. The van der Waals surface area contributed by atoms with Crippen molar-refractivity contribution >= 4 is 0 Å². The van der Waals surface area contributed by atoms with Gasteiger partial charge in [0.05, 0.1) is 0 Å². The third kappa shape index (κ3) is 1.94. The molecule has 1 rings (SSSR count). The zero-order valence-corrected chi connectivity index (χ0v) is 9.40. The summed E-state index contributed by atoms with van der Waals surface area (Å²) < 4.78 is 0. The van der Waals surface area contributed by atoms with Crippen molar-refractivity contribution in [1.29, 1.82) is 0 Å². The normalized spacial score (nSPS) is 30.1. The first-order valence-electron chi connectivity index (χ1n) is 5.46. The van der Waals surface area contributed by atoms with Crippen LogP contribution >= 0.6 is 0 Å². The van der Waals surface area contributed by atoms with Crippen LogP contribution in [0.5, 0.6) is 0 Å². The number of nitrogens with two attached hydrogens (primary N) is 1. The first kappa shape index (κ1) is 11.6. The summed E-state index contributed by atoms with van der Waals surface area (Å²) in [6.07, 6.45) is 9.74. The lowest BCUT2D eigenvalue weighted by molar-refractivity contribution is 0.165. The van der Waals surface area contributed by atoms with Gasteiger partial charge in [0.1, 0.15) is 0 Å². The van der Waals surface area contributed by atoms with Gasteiger partial charge in [0.25, 0.3) is 0 Å². The van der Waals surface area contributed by atoms with Crippen molar-refractivity contribution in [2.45, 2.75) is 45.1 Å². The lowest BCUT2D eigenvalue weighted by Crippen LogP contribution is -2.58. The Morgan fingerprint density at radius 3 is 2.57 bits per heavy atom. The van der Waals surface area contributed by atoms with E-state index < -0.39 is 0 Å². The number of rotatable bonds is 4. The summed E-state index contributed by atoms with van der Waals surface area (Å²) in [5.41, 5.74) is 6.33. The molecule has 0 aromatic heterocycles. The van der Waals surface area contributed by atoms with Crippen LogP contribution in [0.1, 0.15) is 39.5 Å². The summed E-state index contributed by atoms with van der Waals surface area (Å²) in [4.78, 5) is 0. The zero-order valence-electron chi connectivity index (χ0n) is 9.40. The maximum Gasteiger partial charge on any atom is 0.0355 e. The van der Waals surface area contributed by atoms with Crippen LogP contribution < -0.4 is 11.1 Å². The molecule has 0 heterocycles. The highest BCUT2D eigenvalue weighted by Gasteiger charge is 2.47. The van der Waals surface area contributed by atoms with Crippen molar-refractivity contribution in [3.05, 3.63) is 0 Å². The van der Waals surface area contributed by atoms with Crippen LogP contribution in [0, 0.1) is 17.8 Å². The molecule has 0 aliphatic heterocycles. The summed E-state index contributed by atoms with van der Waals surface area (Å²) in [5.74, 6) is 2.66. The molecule has 1 fully saturated rings. The van der Waals surface area contributed by atoms with E-state index in [4.69, 9.17) is 12.2 Å². The van der Waals surface area contributed by atoms with Gasteiger partial charge in [-0.15, -0.1) is 12.3 Å². The van der Waals surface area contributed by atoms with Crippen LogP contribution in [0.25, 0.3) is 0 Å². The maximum atomic E-state index is 5.91. The van der Waals surface area contributed by atoms with E-state index in [9.17, 15) is 0 Å². The van der Waals surface area contributed by atoms with Gasteiger partial charge in [-0.25, -0.2) is 0 Å². The number of nitrogens with one attached hydrogen (secondary N) is 1. The van der Waals surface area contributed by atoms with Crippen LogP contribution in [0.4, 0.5) is 0 Å². The average molecular weight is 194 g/mol. The Morgan fingerprint density at radius 2 is 2.14 bits per heavy atom. The van der Waals surface area contributed by atoms with Gasteiger partial charge in [-0.2, -0.15) is 0 Å². The smallest absolute Gasteiger partial charge is 0.0355 e. The number of hydrogen-bond donors (Lipinski definition) is 2. The van der Waals surface area contributed by atoms with Crippen LogP contribution in [-0.4, -0.2) is 18.6 Å².